The number of nitrogens with one attached hydrogen (secondary N) is 1. The fourth-order valence-corrected chi connectivity index (χ4v) is 2.16. The molecule has 1 atom stereocenters. The molecule has 2 aromatic rings. The predicted molar refractivity (Wildman–Crippen MR) is 75.1 cm³/mol. The van der Waals surface area contributed by atoms with Crippen molar-refractivity contribution in [3.8, 4) is 12.3 Å². The molecule has 0 spiro atoms. The molecule has 94 valence electrons. The molecule has 3 nitrogen and oxygen atoms in total. The number of benzene rings is 1. The molecule has 0 radical (unpaired) electrons. The molecule has 3 heteroatoms. The van der Waals surface area contributed by atoms with Gasteiger partial charge in [0, 0.05) is 31.4 Å². The number of nitrogens with zero attached hydrogens (tertiary/aromatic N) is 2. The van der Waals surface area contributed by atoms with Gasteiger partial charge < -0.3 is 5.32 Å². The summed E-state index contributed by atoms with van der Waals surface area (Å²) in [5.41, 5.74) is 2.25. The first-order valence-corrected chi connectivity index (χ1v) is 6.33. The molecule has 1 unspecified atom stereocenters. The van der Waals surface area contributed by atoms with E-state index in [-0.39, 0.29) is 0 Å². The van der Waals surface area contributed by atoms with Gasteiger partial charge in [0.25, 0.3) is 0 Å². The Balaban J connectivity index is 2.15. The molecule has 0 aliphatic rings. The van der Waals surface area contributed by atoms with E-state index in [1.807, 2.05) is 23.9 Å². The Morgan fingerprint density at radius 1 is 1.44 bits per heavy atom. The quantitative estimate of drug-likeness (QED) is 0.815. The summed E-state index contributed by atoms with van der Waals surface area (Å²) in [7, 11) is 1.98. The van der Waals surface area contributed by atoms with Gasteiger partial charge in [0.1, 0.15) is 0 Å². The third-order valence-corrected chi connectivity index (χ3v) is 3.25. The molecule has 0 saturated heterocycles. The summed E-state index contributed by atoms with van der Waals surface area (Å²) in [6, 6.07) is 8.66. The van der Waals surface area contributed by atoms with Crippen LogP contribution in [0.5, 0.6) is 0 Å². The second-order valence-electron chi connectivity index (χ2n) is 4.48. The van der Waals surface area contributed by atoms with Gasteiger partial charge in [-0.05, 0) is 12.5 Å². The molecule has 1 N–H and O–H groups in total. The van der Waals surface area contributed by atoms with Gasteiger partial charge >= 0.3 is 0 Å². The van der Waals surface area contributed by atoms with Crippen molar-refractivity contribution in [2.75, 3.05) is 0 Å². The highest BCUT2D eigenvalue weighted by atomic mass is 15.3. The van der Waals surface area contributed by atoms with Crippen LogP contribution < -0.4 is 5.32 Å². The van der Waals surface area contributed by atoms with Crippen LogP contribution in [0.25, 0.3) is 10.9 Å². The zero-order valence-electron chi connectivity index (χ0n) is 11.0. The minimum Gasteiger partial charge on any atom is -0.307 e. The monoisotopic (exact) mass is 241 g/mol. The van der Waals surface area contributed by atoms with Gasteiger partial charge in [0.2, 0.25) is 0 Å². The van der Waals surface area contributed by atoms with Crippen molar-refractivity contribution >= 4 is 10.9 Å². The summed E-state index contributed by atoms with van der Waals surface area (Å²) in [6.07, 6.45) is 7.16. The van der Waals surface area contributed by atoms with E-state index in [4.69, 9.17) is 6.42 Å². The maximum Gasteiger partial charge on any atom is 0.0841 e. The van der Waals surface area contributed by atoms with Crippen molar-refractivity contribution in [2.45, 2.75) is 32.4 Å². The fraction of sp³-hybridized carbons (Fsp3) is 0.400. The molecular weight excluding hydrogens is 222 g/mol. The number of terminal acetylenes is 1. The zero-order chi connectivity index (χ0) is 13.0. The summed E-state index contributed by atoms with van der Waals surface area (Å²) in [6.45, 7) is 2.91. The highest BCUT2D eigenvalue weighted by molar-refractivity contribution is 5.81. The minimum atomic E-state index is 0.371. The first kappa shape index (κ1) is 12.7. The maximum absolute atomic E-state index is 5.36. The van der Waals surface area contributed by atoms with Crippen LogP contribution >= 0.6 is 0 Å². The van der Waals surface area contributed by atoms with Crippen LogP contribution in [0.4, 0.5) is 0 Å². The molecule has 0 aliphatic carbocycles. The van der Waals surface area contributed by atoms with Gasteiger partial charge in [-0.15, -0.1) is 12.3 Å². The van der Waals surface area contributed by atoms with Crippen molar-refractivity contribution < 1.29 is 0 Å². The summed E-state index contributed by atoms with van der Waals surface area (Å²) >= 11 is 0. The average Bonchev–Trinajstić information content (AvgIpc) is 2.72. The van der Waals surface area contributed by atoms with Gasteiger partial charge in [-0.1, -0.05) is 25.1 Å². The fourth-order valence-electron chi connectivity index (χ4n) is 2.16. The molecule has 0 aliphatic heterocycles. The summed E-state index contributed by atoms with van der Waals surface area (Å²) < 4.78 is 1.93. The lowest BCUT2D eigenvalue weighted by molar-refractivity contribution is 0.501. The number of aromatic nitrogens is 2. The molecule has 1 aromatic heterocycles. The SMILES string of the molecule is C#CCC(CC)NCc1nn(C)c2ccccc12. The minimum absolute atomic E-state index is 0.371. The van der Waals surface area contributed by atoms with Crippen molar-refractivity contribution in [1.82, 2.24) is 15.1 Å². The number of para-hydroxylation sites is 1. The van der Waals surface area contributed by atoms with E-state index >= 15 is 0 Å². The number of hydrogen-bond acceptors (Lipinski definition) is 2. The van der Waals surface area contributed by atoms with Crippen LogP contribution in [0, 0.1) is 12.3 Å². The van der Waals surface area contributed by atoms with E-state index in [2.05, 4.69) is 35.4 Å². The van der Waals surface area contributed by atoms with E-state index in [1.54, 1.807) is 0 Å². The number of aryl methyl sites for hydroxylation is 1. The van der Waals surface area contributed by atoms with Crippen LogP contribution in [-0.4, -0.2) is 15.8 Å². The highest BCUT2D eigenvalue weighted by Gasteiger charge is 2.09. The number of fused-ring (bicyclic) bond motifs is 1. The van der Waals surface area contributed by atoms with E-state index in [9.17, 15) is 0 Å². The second kappa shape index (κ2) is 5.70. The van der Waals surface area contributed by atoms with Crippen LogP contribution in [0.1, 0.15) is 25.5 Å². The van der Waals surface area contributed by atoms with Crippen molar-refractivity contribution in [1.29, 1.82) is 0 Å². The van der Waals surface area contributed by atoms with E-state index in [0.29, 0.717) is 6.04 Å². The van der Waals surface area contributed by atoms with Gasteiger partial charge in [0.15, 0.2) is 0 Å². The lowest BCUT2D eigenvalue weighted by Gasteiger charge is -2.12. The Labute approximate surface area is 108 Å². The van der Waals surface area contributed by atoms with Gasteiger partial charge in [-0.3, -0.25) is 4.68 Å². The second-order valence-corrected chi connectivity index (χ2v) is 4.48. The smallest absolute Gasteiger partial charge is 0.0841 e. The van der Waals surface area contributed by atoms with Gasteiger partial charge in [-0.25, -0.2) is 0 Å². The standard InChI is InChI=1S/C15H19N3/c1-4-8-12(5-2)16-11-14-13-9-6-7-10-15(13)18(3)17-14/h1,6-7,9-10,12,16H,5,8,11H2,2-3H3. The Morgan fingerprint density at radius 2 is 2.22 bits per heavy atom. The van der Waals surface area contributed by atoms with Crippen molar-refractivity contribution in [2.24, 2.45) is 7.05 Å². The summed E-state index contributed by atoms with van der Waals surface area (Å²) in [4.78, 5) is 0. The molecular formula is C15H19N3. The first-order valence-electron chi connectivity index (χ1n) is 6.33. The predicted octanol–water partition coefficient (Wildman–Crippen LogP) is 2.46. The first-order chi connectivity index (χ1) is 8.76. The lowest BCUT2D eigenvalue weighted by atomic mass is 10.1. The highest BCUT2D eigenvalue weighted by Crippen LogP contribution is 2.17. The average molecular weight is 241 g/mol. The topological polar surface area (TPSA) is 29.9 Å². The Hall–Kier alpha value is -1.79. The molecule has 1 heterocycles. The van der Waals surface area contributed by atoms with Crippen molar-refractivity contribution in [3.63, 3.8) is 0 Å². The Morgan fingerprint density at radius 3 is 2.94 bits per heavy atom. The van der Waals surface area contributed by atoms with Crippen molar-refractivity contribution in [3.05, 3.63) is 30.0 Å². The van der Waals surface area contributed by atoms with Crippen LogP contribution in [0.2, 0.25) is 0 Å². The zero-order valence-corrected chi connectivity index (χ0v) is 11.0. The summed E-state index contributed by atoms with van der Waals surface area (Å²) in [5.74, 6) is 2.71. The Bertz CT molecular complexity index is 563. The molecule has 0 saturated carbocycles. The lowest BCUT2D eigenvalue weighted by Crippen LogP contribution is -2.27. The third kappa shape index (κ3) is 2.55. The van der Waals surface area contributed by atoms with E-state index in [0.717, 1.165) is 25.1 Å². The molecule has 0 bridgehead atoms. The number of rotatable bonds is 5. The molecule has 18 heavy (non-hydrogen) atoms. The molecule has 0 amide bonds. The van der Waals surface area contributed by atoms with Crippen LogP contribution in [0.15, 0.2) is 24.3 Å². The number of hydrogen-bond donors (Lipinski definition) is 1. The summed E-state index contributed by atoms with van der Waals surface area (Å²) in [5, 5.41) is 9.24. The van der Waals surface area contributed by atoms with Crippen LogP contribution in [0.3, 0.4) is 0 Å². The normalized spacial score (nSPS) is 12.5. The molecule has 1 aromatic carbocycles. The third-order valence-electron chi connectivity index (χ3n) is 3.25. The van der Waals surface area contributed by atoms with Crippen LogP contribution in [-0.2, 0) is 13.6 Å². The largest absolute Gasteiger partial charge is 0.307 e. The molecule has 0 fully saturated rings. The van der Waals surface area contributed by atoms with Gasteiger partial charge in [-0.2, -0.15) is 5.10 Å². The Kier molecular flexibility index (Phi) is 4.01. The van der Waals surface area contributed by atoms with E-state index < -0.39 is 0 Å². The van der Waals surface area contributed by atoms with E-state index in [1.165, 1.54) is 10.9 Å². The van der Waals surface area contributed by atoms with Gasteiger partial charge in [0.05, 0.1) is 11.2 Å². The maximum atomic E-state index is 5.36. The molecule has 2 rings (SSSR count).